The summed E-state index contributed by atoms with van der Waals surface area (Å²) in [5.74, 6) is -1.98. The highest BCUT2D eigenvalue weighted by Gasteiger charge is 2.16. The molecule has 0 fully saturated rings. The second kappa shape index (κ2) is 7.90. The van der Waals surface area contributed by atoms with Crippen LogP contribution in [-0.4, -0.2) is 25.0 Å². The van der Waals surface area contributed by atoms with Crippen LogP contribution in [0.4, 0.5) is 0 Å². The lowest BCUT2D eigenvalue weighted by Crippen LogP contribution is -2.33. The molecule has 0 saturated carbocycles. The molecule has 0 amide bonds. The first-order chi connectivity index (χ1) is 15.3. The topological polar surface area (TPSA) is 147 Å². The van der Waals surface area contributed by atoms with E-state index in [4.69, 9.17) is 38.7 Å². The molecular formula is C17H12Cl2N6O4. The molecule has 3 rings (SSSR count). The summed E-state index contributed by atoms with van der Waals surface area (Å²) in [5, 5.41) is 17.9. The molecule has 2 heterocycles. The second-order valence-corrected chi connectivity index (χ2v) is 6.40. The van der Waals surface area contributed by atoms with Crippen molar-refractivity contribution in [2.75, 3.05) is 0 Å². The van der Waals surface area contributed by atoms with E-state index in [0.717, 1.165) is 0 Å². The third kappa shape index (κ3) is 4.06. The van der Waals surface area contributed by atoms with Crippen molar-refractivity contribution in [2.24, 2.45) is 0 Å². The fourth-order valence-corrected chi connectivity index (χ4v) is 2.78. The van der Waals surface area contributed by atoms with E-state index in [-0.39, 0.29) is 27.0 Å². The molecule has 12 heteroatoms. The number of hydrogen-bond donors (Lipinski definition) is 2. The minimum atomic E-state index is -2.56. The predicted octanol–water partition coefficient (Wildman–Crippen LogP) is 2.10. The molecule has 29 heavy (non-hydrogen) atoms. The van der Waals surface area contributed by atoms with Gasteiger partial charge >= 0.3 is 5.69 Å². The third-order valence-electron chi connectivity index (χ3n) is 3.54. The van der Waals surface area contributed by atoms with Gasteiger partial charge in [-0.25, -0.2) is 9.89 Å². The number of nitrogens with zero attached hydrogens (tertiary/aromatic N) is 4. The number of rotatable bonds is 4. The van der Waals surface area contributed by atoms with Gasteiger partial charge in [0.1, 0.15) is 6.07 Å². The van der Waals surface area contributed by atoms with Crippen molar-refractivity contribution in [2.45, 2.75) is 19.7 Å². The first kappa shape index (κ1) is 15.5. The summed E-state index contributed by atoms with van der Waals surface area (Å²) in [4.78, 5) is 37.6. The van der Waals surface area contributed by atoms with Crippen molar-refractivity contribution in [1.29, 1.82) is 5.26 Å². The average Bonchev–Trinajstić information content (AvgIpc) is 2.71. The molecule has 0 radical (unpaired) electrons. The molecular weight excluding hydrogens is 423 g/mol. The summed E-state index contributed by atoms with van der Waals surface area (Å²) in [6, 6.07) is 3.32. The molecule has 10 nitrogen and oxygen atoms in total. The molecule has 148 valence electrons. The number of halogens is 2. The molecule has 1 unspecified atom stereocenters. The van der Waals surface area contributed by atoms with Gasteiger partial charge < -0.3 is 4.74 Å². The van der Waals surface area contributed by atoms with Gasteiger partial charge in [0, 0.05) is 15.7 Å². The maximum Gasteiger partial charge on any atom is 0.349 e. The molecule has 1 atom stereocenters. The van der Waals surface area contributed by atoms with Crippen molar-refractivity contribution >= 4 is 23.2 Å². The van der Waals surface area contributed by atoms with Crippen molar-refractivity contribution in [3.63, 3.8) is 0 Å². The van der Waals surface area contributed by atoms with Crippen LogP contribution in [0.5, 0.6) is 11.6 Å². The Morgan fingerprint density at radius 3 is 2.62 bits per heavy atom. The second-order valence-electron chi connectivity index (χ2n) is 5.59. The Bertz CT molecular complexity index is 1450. The van der Waals surface area contributed by atoms with Crippen molar-refractivity contribution in [3.8, 4) is 23.4 Å². The number of ether oxygens (including phenoxy) is 1. The first-order valence-corrected chi connectivity index (χ1v) is 8.51. The largest absolute Gasteiger partial charge is 0.434 e. The first-order valence-electron chi connectivity index (χ1n) is 9.75. The number of hydrogen-bond acceptors (Lipinski definition) is 7. The monoisotopic (exact) mass is 438 g/mol. The summed E-state index contributed by atoms with van der Waals surface area (Å²) >= 11 is 12.4. The van der Waals surface area contributed by atoms with E-state index < -0.39 is 47.2 Å². The van der Waals surface area contributed by atoms with E-state index in [2.05, 4.69) is 15.3 Å². The quantitative estimate of drug-likeness (QED) is 0.633. The van der Waals surface area contributed by atoms with Crippen LogP contribution in [0.25, 0.3) is 5.69 Å². The van der Waals surface area contributed by atoms with Gasteiger partial charge in [0.15, 0.2) is 5.75 Å². The fraction of sp³-hybridized carbons (Fsp3) is 0.176. The molecule has 0 bridgehead atoms. The smallest absolute Gasteiger partial charge is 0.349 e. The predicted molar refractivity (Wildman–Crippen MR) is 104 cm³/mol. The molecule has 0 spiro atoms. The maximum atomic E-state index is 12.1. The normalized spacial score (nSPS) is 14.1. The highest BCUT2D eigenvalue weighted by atomic mass is 35.5. The van der Waals surface area contributed by atoms with E-state index in [1.54, 1.807) is 0 Å². The Kier molecular flexibility index (Phi) is 4.22. The molecule has 0 aliphatic rings. The van der Waals surface area contributed by atoms with E-state index in [1.165, 1.54) is 25.1 Å². The summed E-state index contributed by atoms with van der Waals surface area (Å²) in [6.45, 7) is -1.30. The molecule has 2 N–H and O–H groups in total. The summed E-state index contributed by atoms with van der Waals surface area (Å²) in [6.07, 6.45) is 0. The fourth-order valence-electron chi connectivity index (χ4n) is 2.23. The third-order valence-corrected chi connectivity index (χ3v) is 4.10. The van der Waals surface area contributed by atoms with Crippen LogP contribution in [0.15, 0.2) is 32.6 Å². The van der Waals surface area contributed by atoms with E-state index in [0.29, 0.717) is 4.68 Å². The molecule has 0 aliphatic heterocycles. The van der Waals surface area contributed by atoms with Crippen LogP contribution in [0.3, 0.4) is 0 Å². The van der Waals surface area contributed by atoms with E-state index in [9.17, 15) is 14.4 Å². The number of aromatic nitrogens is 5. The van der Waals surface area contributed by atoms with Crippen LogP contribution >= 0.6 is 23.2 Å². The Morgan fingerprint density at radius 1 is 1.31 bits per heavy atom. The standard InChI is InChI=1S/C17H12Cl2N6O4/c1-7(2)9-5-13(22-23-15(9)26)29-14-10(18)3-8(4-11(14)19)25-17(28)21-16(27)12(6-20)24-25/h3-5,7H,1-2H3,(H,23,26)(H,21,27,28)/i1D3,5D. The molecule has 3 aromatic rings. The zero-order valence-corrected chi connectivity index (χ0v) is 15.9. The lowest BCUT2D eigenvalue weighted by Gasteiger charge is -2.12. The number of aromatic amines is 2. The minimum Gasteiger partial charge on any atom is -0.434 e. The molecule has 1 aromatic carbocycles. The minimum absolute atomic E-state index is 0.0210. The Morgan fingerprint density at radius 2 is 2.00 bits per heavy atom. The van der Waals surface area contributed by atoms with E-state index in [1.807, 2.05) is 4.98 Å². The Balaban J connectivity index is 2.08. The van der Waals surface area contributed by atoms with E-state index >= 15 is 0 Å². The van der Waals surface area contributed by atoms with Gasteiger partial charge in [-0.05, 0) is 18.1 Å². The summed E-state index contributed by atoms with van der Waals surface area (Å²) in [5.41, 5.74) is -3.75. The zero-order chi connectivity index (χ0) is 24.7. The van der Waals surface area contributed by atoms with Crippen molar-refractivity contribution in [1.82, 2.24) is 25.0 Å². The van der Waals surface area contributed by atoms with Crippen LogP contribution < -0.4 is 21.5 Å². The highest BCUT2D eigenvalue weighted by molar-refractivity contribution is 6.37. The average molecular weight is 439 g/mol. The molecule has 2 aromatic heterocycles. The van der Waals surface area contributed by atoms with Gasteiger partial charge in [-0.2, -0.15) is 9.94 Å². The van der Waals surface area contributed by atoms with Crippen LogP contribution in [0.2, 0.25) is 10.0 Å². The number of nitrogens with one attached hydrogen (secondary N) is 2. The maximum absolute atomic E-state index is 12.1. The van der Waals surface area contributed by atoms with Crippen LogP contribution in [-0.2, 0) is 0 Å². The highest BCUT2D eigenvalue weighted by Crippen LogP contribution is 2.37. The lowest BCUT2D eigenvalue weighted by molar-refractivity contribution is 0.452. The lowest BCUT2D eigenvalue weighted by atomic mass is 10.1. The van der Waals surface area contributed by atoms with Gasteiger partial charge in [0.2, 0.25) is 11.6 Å². The van der Waals surface area contributed by atoms with Crippen molar-refractivity contribution in [3.05, 3.63) is 70.7 Å². The molecule has 0 aliphatic carbocycles. The number of benzene rings is 1. The Labute approximate surface area is 177 Å². The van der Waals surface area contributed by atoms with Gasteiger partial charge in [0.05, 0.1) is 17.1 Å². The summed E-state index contributed by atoms with van der Waals surface area (Å²) < 4.78 is 36.9. The van der Waals surface area contributed by atoms with Gasteiger partial charge in [-0.1, -0.05) is 37.0 Å². The van der Waals surface area contributed by atoms with Crippen LogP contribution in [0, 0.1) is 11.3 Å². The van der Waals surface area contributed by atoms with Gasteiger partial charge in [0.25, 0.3) is 11.1 Å². The number of H-pyrrole nitrogens is 2. The van der Waals surface area contributed by atoms with Gasteiger partial charge in [-0.15, -0.1) is 10.2 Å². The zero-order valence-electron chi connectivity index (χ0n) is 18.4. The molecule has 0 saturated heterocycles. The summed E-state index contributed by atoms with van der Waals surface area (Å²) in [7, 11) is 0. The number of nitriles is 1. The SMILES string of the molecule is [2H]c1c(Oc2c(Cl)cc(-n3nc(C#N)c(=O)[nH]c3=O)cc2Cl)n[nH]c(=O)c1C(C)C([2H])([2H])[2H]. The Hall–Kier alpha value is -3.42. The van der Waals surface area contributed by atoms with Crippen molar-refractivity contribution < 1.29 is 10.2 Å². The van der Waals surface area contributed by atoms with Gasteiger partial charge in [-0.3, -0.25) is 14.6 Å². The van der Waals surface area contributed by atoms with Crippen LogP contribution in [0.1, 0.15) is 36.4 Å².